The van der Waals surface area contributed by atoms with E-state index in [-0.39, 0.29) is 0 Å². The van der Waals surface area contributed by atoms with E-state index >= 15 is 0 Å². The largest absolute Gasteiger partial charge is 0.317 e. The minimum atomic E-state index is 0.392. The van der Waals surface area contributed by atoms with E-state index in [2.05, 4.69) is 45.0 Å². The van der Waals surface area contributed by atoms with E-state index in [0.717, 1.165) is 5.92 Å². The normalized spacial score (nSPS) is 21.4. The molecule has 1 aliphatic heterocycles. The maximum Gasteiger partial charge on any atom is 0.0112 e. The number of piperidine rings is 1. The Morgan fingerprint density at radius 3 is 2.31 bits per heavy atom. The molecule has 0 amide bonds. The van der Waals surface area contributed by atoms with Gasteiger partial charge in [0, 0.05) is 6.04 Å². The molecule has 0 aliphatic carbocycles. The fraction of sp³-hybridized carbons (Fsp3) is 1.00. The van der Waals surface area contributed by atoms with E-state index in [1.54, 1.807) is 0 Å². The average Bonchev–Trinajstić information content (AvgIpc) is 2.25. The third-order valence-corrected chi connectivity index (χ3v) is 4.26. The number of hydrogen-bond acceptors (Lipinski definition) is 2. The van der Waals surface area contributed by atoms with Crippen LogP contribution < -0.4 is 5.32 Å². The highest BCUT2D eigenvalue weighted by atomic mass is 15.1. The molecule has 2 heteroatoms. The van der Waals surface area contributed by atoms with Gasteiger partial charge in [0.25, 0.3) is 0 Å². The van der Waals surface area contributed by atoms with Gasteiger partial charge in [-0.25, -0.2) is 0 Å². The summed E-state index contributed by atoms with van der Waals surface area (Å²) in [6.45, 7) is 13.0. The molecule has 16 heavy (non-hydrogen) atoms. The smallest absolute Gasteiger partial charge is 0.0112 e. The van der Waals surface area contributed by atoms with E-state index in [0.29, 0.717) is 11.5 Å². The molecule has 1 N–H and O–H groups in total. The first-order chi connectivity index (χ1) is 7.41. The molecule has 0 saturated carbocycles. The first-order valence-electron chi connectivity index (χ1n) is 6.82. The van der Waals surface area contributed by atoms with Crippen molar-refractivity contribution in [2.45, 2.75) is 53.0 Å². The zero-order valence-electron chi connectivity index (χ0n) is 11.8. The van der Waals surface area contributed by atoms with Gasteiger partial charge >= 0.3 is 0 Å². The Bertz CT molecular complexity index is 189. The van der Waals surface area contributed by atoms with Crippen molar-refractivity contribution in [3.63, 3.8) is 0 Å². The Hall–Kier alpha value is -0.0800. The van der Waals surface area contributed by atoms with Crippen LogP contribution in [0.4, 0.5) is 0 Å². The Kier molecular flexibility index (Phi) is 5.26. The third kappa shape index (κ3) is 4.42. The van der Waals surface area contributed by atoms with Crippen LogP contribution in [0, 0.1) is 11.3 Å². The molecular formula is C14H30N2. The fourth-order valence-electron chi connectivity index (χ4n) is 2.41. The summed E-state index contributed by atoms with van der Waals surface area (Å²) in [6.07, 6.45) is 4.12. The van der Waals surface area contributed by atoms with E-state index in [4.69, 9.17) is 0 Å². The summed E-state index contributed by atoms with van der Waals surface area (Å²) in [4.78, 5) is 2.53. The molecule has 1 saturated heterocycles. The highest BCUT2D eigenvalue weighted by Gasteiger charge is 2.24. The number of rotatable bonds is 4. The second kappa shape index (κ2) is 6.02. The lowest BCUT2D eigenvalue weighted by atomic mass is 9.86. The van der Waals surface area contributed by atoms with Gasteiger partial charge in [0.05, 0.1) is 0 Å². The summed E-state index contributed by atoms with van der Waals surface area (Å²) in [5, 5.41) is 3.44. The van der Waals surface area contributed by atoms with Crippen LogP contribution in [0.1, 0.15) is 47.0 Å². The highest BCUT2D eigenvalue weighted by Crippen LogP contribution is 2.24. The van der Waals surface area contributed by atoms with Gasteiger partial charge in [-0.1, -0.05) is 20.8 Å². The van der Waals surface area contributed by atoms with E-state index < -0.39 is 0 Å². The van der Waals surface area contributed by atoms with Crippen molar-refractivity contribution in [1.29, 1.82) is 0 Å². The first kappa shape index (κ1) is 14.0. The van der Waals surface area contributed by atoms with Gasteiger partial charge in [0.15, 0.2) is 0 Å². The topological polar surface area (TPSA) is 15.3 Å². The van der Waals surface area contributed by atoms with Crippen LogP contribution in [-0.4, -0.2) is 37.6 Å². The minimum Gasteiger partial charge on any atom is -0.317 e. The van der Waals surface area contributed by atoms with Crippen molar-refractivity contribution in [2.75, 3.05) is 26.7 Å². The van der Waals surface area contributed by atoms with Gasteiger partial charge in [-0.15, -0.1) is 0 Å². The Morgan fingerprint density at radius 2 is 1.81 bits per heavy atom. The molecule has 1 fully saturated rings. The van der Waals surface area contributed by atoms with Crippen LogP contribution in [0.3, 0.4) is 0 Å². The van der Waals surface area contributed by atoms with Crippen molar-refractivity contribution in [3.05, 3.63) is 0 Å². The SMILES string of the molecule is CC(N(C)CCC1CCNCC1)C(C)(C)C. The third-order valence-electron chi connectivity index (χ3n) is 4.26. The van der Waals surface area contributed by atoms with Crippen molar-refractivity contribution in [2.24, 2.45) is 11.3 Å². The predicted octanol–water partition coefficient (Wildman–Crippen LogP) is 2.74. The van der Waals surface area contributed by atoms with Crippen molar-refractivity contribution in [1.82, 2.24) is 10.2 Å². The molecule has 1 rings (SSSR count). The molecular weight excluding hydrogens is 196 g/mol. The number of hydrogen-bond donors (Lipinski definition) is 1. The summed E-state index contributed by atoms with van der Waals surface area (Å²) in [5.74, 6) is 0.955. The molecule has 96 valence electrons. The van der Waals surface area contributed by atoms with E-state index in [1.807, 2.05) is 0 Å². The first-order valence-corrected chi connectivity index (χ1v) is 6.82. The standard InChI is InChI=1S/C14H30N2/c1-12(14(2,3)4)16(5)11-8-13-6-9-15-10-7-13/h12-13,15H,6-11H2,1-5H3. The molecule has 0 aromatic heterocycles. The lowest BCUT2D eigenvalue weighted by molar-refractivity contribution is 0.130. The summed E-state index contributed by atoms with van der Waals surface area (Å²) in [6, 6.07) is 0.661. The molecule has 0 aromatic rings. The Labute approximate surface area is 102 Å². The van der Waals surface area contributed by atoms with Crippen molar-refractivity contribution in [3.8, 4) is 0 Å². The zero-order chi connectivity index (χ0) is 12.2. The molecule has 0 bridgehead atoms. The fourth-order valence-corrected chi connectivity index (χ4v) is 2.41. The van der Waals surface area contributed by atoms with Gasteiger partial charge in [-0.2, -0.15) is 0 Å². The van der Waals surface area contributed by atoms with Gasteiger partial charge in [-0.3, -0.25) is 0 Å². The maximum atomic E-state index is 3.44. The van der Waals surface area contributed by atoms with Crippen LogP contribution in [0.2, 0.25) is 0 Å². The zero-order valence-corrected chi connectivity index (χ0v) is 11.8. The maximum absolute atomic E-state index is 3.44. The summed E-state index contributed by atoms with van der Waals surface area (Å²) < 4.78 is 0. The van der Waals surface area contributed by atoms with Crippen LogP contribution in [0.25, 0.3) is 0 Å². The molecule has 1 atom stereocenters. The van der Waals surface area contributed by atoms with E-state index in [1.165, 1.54) is 38.9 Å². The monoisotopic (exact) mass is 226 g/mol. The lowest BCUT2D eigenvalue weighted by Gasteiger charge is -2.36. The van der Waals surface area contributed by atoms with Crippen molar-refractivity contribution < 1.29 is 0 Å². The number of nitrogens with one attached hydrogen (secondary N) is 1. The molecule has 1 unspecified atom stereocenters. The minimum absolute atomic E-state index is 0.392. The second-order valence-corrected chi connectivity index (χ2v) is 6.50. The molecule has 1 heterocycles. The van der Waals surface area contributed by atoms with Crippen LogP contribution in [-0.2, 0) is 0 Å². The van der Waals surface area contributed by atoms with Crippen molar-refractivity contribution >= 4 is 0 Å². The lowest BCUT2D eigenvalue weighted by Crippen LogP contribution is -2.40. The van der Waals surface area contributed by atoms with E-state index in [9.17, 15) is 0 Å². The highest BCUT2D eigenvalue weighted by molar-refractivity contribution is 4.78. The average molecular weight is 226 g/mol. The number of nitrogens with zero attached hydrogens (tertiary/aromatic N) is 1. The van der Waals surface area contributed by atoms with Gasteiger partial charge < -0.3 is 10.2 Å². The van der Waals surface area contributed by atoms with Gasteiger partial charge in [0.1, 0.15) is 0 Å². The summed E-state index contributed by atoms with van der Waals surface area (Å²) in [5.41, 5.74) is 0.392. The Balaban J connectivity index is 2.25. The van der Waals surface area contributed by atoms with Gasteiger partial charge in [0.2, 0.25) is 0 Å². The molecule has 1 aliphatic rings. The predicted molar refractivity (Wildman–Crippen MR) is 71.8 cm³/mol. The van der Waals surface area contributed by atoms with Gasteiger partial charge in [-0.05, 0) is 64.2 Å². The summed E-state index contributed by atoms with van der Waals surface area (Å²) >= 11 is 0. The molecule has 0 aromatic carbocycles. The Morgan fingerprint density at radius 1 is 1.25 bits per heavy atom. The van der Waals surface area contributed by atoms with Crippen LogP contribution in [0.5, 0.6) is 0 Å². The summed E-state index contributed by atoms with van der Waals surface area (Å²) in [7, 11) is 2.27. The molecule has 2 nitrogen and oxygen atoms in total. The molecule has 0 spiro atoms. The second-order valence-electron chi connectivity index (χ2n) is 6.50. The van der Waals surface area contributed by atoms with Crippen LogP contribution in [0.15, 0.2) is 0 Å². The quantitative estimate of drug-likeness (QED) is 0.793. The molecule has 0 radical (unpaired) electrons. The van der Waals surface area contributed by atoms with Crippen LogP contribution >= 0.6 is 0 Å².